The van der Waals surface area contributed by atoms with Crippen molar-refractivity contribution in [1.82, 2.24) is 5.43 Å². The second-order valence-corrected chi connectivity index (χ2v) is 5.29. The van der Waals surface area contributed by atoms with E-state index < -0.39 is 0 Å². The molecule has 0 spiro atoms. The second kappa shape index (κ2) is 6.92. The van der Waals surface area contributed by atoms with Crippen LogP contribution in [0, 0.1) is 5.92 Å². The van der Waals surface area contributed by atoms with Crippen molar-refractivity contribution >= 4 is 17.6 Å². The Morgan fingerprint density at radius 2 is 1.91 bits per heavy atom. The van der Waals surface area contributed by atoms with Gasteiger partial charge in [-0.05, 0) is 29.8 Å². The van der Waals surface area contributed by atoms with E-state index in [1.807, 2.05) is 42.5 Å². The van der Waals surface area contributed by atoms with E-state index in [2.05, 4.69) is 10.5 Å². The SMILES string of the molecule is COc1ccc(C(=O)C2=NNCC2/C=C/c2ccccc2)cc1. The quantitative estimate of drug-likeness (QED) is 0.863. The lowest BCUT2D eigenvalue weighted by atomic mass is 9.95. The average molecular weight is 306 g/mol. The van der Waals surface area contributed by atoms with E-state index in [1.165, 1.54) is 0 Å². The Bertz CT molecular complexity index is 734. The predicted octanol–water partition coefficient (Wildman–Crippen LogP) is 3.17. The predicted molar refractivity (Wildman–Crippen MR) is 91.7 cm³/mol. The molecule has 1 aliphatic heterocycles. The smallest absolute Gasteiger partial charge is 0.209 e. The summed E-state index contributed by atoms with van der Waals surface area (Å²) in [5.41, 5.74) is 5.19. The first-order chi connectivity index (χ1) is 11.3. The number of ketones is 1. The molecular formula is C19H18N2O2. The molecule has 0 bridgehead atoms. The molecule has 0 saturated heterocycles. The number of hydrazone groups is 1. The van der Waals surface area contributed by atoms with Gasteiger partial charge in [-0.3, -0.25) is 4.79 Å². The summed E-state index contributed by atoms with van der Waals surface area (Å²) < 4.78 is 5.12. The van der Waals surface area contributed by atoms with Gasteiger partial charge in [-0.1, -0.05) is 42.5 Å². The average Bonchev–Trinajstić information content (AvgIpc) is 3.09. The summed E-state index contributed by atoms with van der Waals surface area (Å²) in [6, 6.07) is 17.1. The minimum Gasteiger partial charge on any atom is -0.497 e. The number of ether oxygens (including phenoxy) is 1. The molecule has 4 nitrogen and oxygen atoms in total. The van der Waals surface area contributed by atoms with E-state index in [1.54, 1.807) is 31.4 Å². The first-order valence-corrected chi connectivity index (χ1v) is 7.50. The maximum absolute atomic E-state index is 12.6. The summed E-state index contributed by atoms with van der Waals surface area (Å²) in [5.74, 6) is 0.652. The highest BCUT2D eigenvalue weighted by Gasteiger charge is 2.26. The van der Waals surface area contributed by atoms with E-state index in [-0.39, 0.29) is 11.7 Å². The molecule has 23 heavy (non-hydrogen) atoms. The van der Waals surface area contributed by atoms with E-state index in [0.717, 1.165) is 11.3 Å². The van der Waals surface area contributed by atoms with Crippen molar-refractivity contribution in [3.63, 3.8) is 0 Å². The number of hydrogen-bond donors (Lipinski definition) is 1. The summed E-state index contributed by atoms with van der Waals surface area (Å²) in [6.07, 6.45) is 4.05. The number of nitrogens with zero attached hydrogens (tertiary/aromatic N) is 1. The molecule has 1 atom stereocenters. The molecule has 2 aromatic rings. The summed E-state index contributed by atoms with van der Waals surface area (Å²) in [4.78, 5) is 12.6. The van der Waals surface area contributed by atoms with E-state index in [4.69, 9.17) is 4.74 Å². The monoisotopic (exact) mass is 306 g/mol. The Morgan fingerprint density at radius 3 is 2.61 bits per heavy atom. The number of rotatable bonds is 5. The Morgan fingerprint density at radius 1 is 1.17 bits per heavy atom. The Kier molecular flexibility index (Phi) is 4.52. The number of Topliss-reactive ketones (excluding diaryl/α,β-unsaturated/α-hetero) is 1. The maximum Gasteiger partial charge on any atom is 0.209 e. The van der Waals surface area contributed by atoms with Gasteiger partial charge in [0.05, 0.1) is 7.11 Å². The first-order valence-electron chi connectivity index (χ1n) is 7.50. The van der Waals surface area contributed by atoms with Crippen LogP contribution in [0.25, 0.3) is 6.08 Å². The fourth-order valence-electron chi connectivity index (χ4n) is 2.47. The maximum atomic E-state index is 12.6. The molecule has 3 rings (SSSR count). The Balaban J connectivity index is 1.75. The molecule has 0 aliphatic carbocycles. The Hall–Kier alpha value is -2.88. The molecule has 0 radical (unpaired) electrons. The second-order valence-electron chi connectivity index (χ2n) is 5.29. The molecule has 0 aromatic heterocycles. The van der Waals surface area contributed by atoms with E-state index in [0.29, 0.717) is 17.8 Å². The van der Waals surface area contributed by atoms with Crippen molar-refractivity contribution in [3.8, 4) is 5.75 Å². The van der Waals surface area contributed by atoms with Crippen molar-refractivity contribution in [1.29, 1.82) is 0 Å². The van der Waals surface area contributed by atoms with E-state index >= 15 is 0 Å². The third-order valence-electron chi connectivity index (χ3n) is 3.77. The van der Waals surface area contributed by atoms with Crippen LogP contribution >= 0.6 is 0 Å². The zero-order valence-corrected chi connectivity index (χ0v) is 12.9. The molecule has 0 fully saturated rings. The van der Waals surface area contributed by atoms with Crippen LogP contribution in [-0.4, -0.2) is 25.1 Å². The highest BCUT2D eigenvalue weighted by Crippen LogP contribution is 2.17. The highest BCUT2D eigenvalue weighted by atomic mass is 16.5. The zero-order chi connectivity index (χ0) is 16.1. The zero-order valence-electron chi connectivity index (χ0n) is 12.9. The van der Waals surface area contributed by atoms with Crippen LogP contribution in [-0.2, 0) is 0 Å². The molecular weight excluding hydrogens is 288 g/mol. The summed E-state index contributed by atoms with van der Waals surface area (Å²) in [7, 11) is 1.60. The molecule has 2 aromatic carbocycles. The van der Waals surface area contributed by atoms with Crippen molar-refractivity contribution in [3.05, 3.63) is 71.8 Å². The van der Waals surface area contributed by atoms with Gasteiger partial charge in [-0.15, -0.1) is 0 Å². The van der Waals surface area contributed by atoms with Crippen LogP contribution in [0.4, 0.5) is 0 Å². The normalized spacial score (nSPS) is 16.9. The number of hydrogen-bond acceptors (Lipinski definition) is 4. The van der Waals surface area contributed by atoms with Crippen LogP contribution in [0.2, 0.25) is 0 Å². The van der Waals surface area contributed by atoms with Gasteiger partial charge in [-0.2, -0.15) is 5.10 Å². The van der Waals surface area contributed by atoms with Gasteiger partial charge in [0.1, 0.15) is 11.5 Å². The fourth-order valence-corrected chi connectivity index (χ4v) is 2.47. The topological polar surface area (TPSA) is 50.7 Å². The standard InChI is InChI=1S/C19H18N2O2/c1-23-17-11-9-15(10-12-17)19(22)18-16(13-20-21-18)8-7-14-5-3-2-4-6-14/h2-12,16,20H,13H2,1H3/b8-7+. The van der Waals surface area contributed by atoms with Gasteiger partial charge in [0.25, 0.3) is 0 Å². The molecule has 1 heterocycles. The van der Waals surface area contributed by atoms with Crippen LogP contribution in [0.5, 0.6) is 5.75 Å². The number of nitrogens with one attached hydrogen (secondary N) is 1. The van der Waals surface area contributed by atoms with Gasteiger partial charge in [0, 0.05) is 18.0 Å². The fraction of sp³-hybridized carbons (Fsp3) is 0.158. The lowest BCUT2D eigenvalue weighted by molar-refractivity contribution is 0.106. The molecule has 1 aliphatic rings. The van der Waals surface area contributed by atoms with Crippen LogP contribution in [0.3, 0.4) is 0 Å². The van der Waals surface area contributed by atoms with Crippen molar-refractivity contribution < 1.29 is 9.53 Å². The highest BCUT2D eigenvalue weighted by molar-refractivity contribution is 6.47. The van der Waals surface area contributed by atoms with Gasteiger partial charge in [0.15, 0.2) is 0 Å². The minimum absolute atomic E-state index is 0.0233. The van der Waals surface area contributed by atoms with Gasteiger partial charge in [-0.25, -0.2) is 0 Å². The van der Waals surface area contributed by atoms with E-state index in [9.17, 15) is 4.79 Å². The first kappa shape index (κ1) is 15.0. The third kappa shape index (κ3) is 3.48. The summed E-state index contributed by atoms with van der Waals surface area (Å²) in [6.45, 7) is 0.639. The van der Waals surface area contributed by atoms with Crippen molar-refractivity contribution in [2.45, 2.75) is 0 Å². The van der Waals surface area contributed by atoms with Gasteiger partial charge >= 0.3 is 0 Å². The van der Waals surface area contributed by atoms with Gasteiger partial charge in [0.2, 0.25) is 5.78 Å². The van der Waals surface area contributed by atoms with Gasteiger partial charge < -0.3 is 10.2 Å². The third-order valence-corrected chi connectivity index (χ3v) is 3.77. The van der Waals surface area contributed by atoms with Crippen molar-refractivity contribution in [2.75, 3.05) is 13.7 Å². The molecule has 116 valence electrons. The Labute approximate surface area is 135 Å². The molecule has 0 amide bonds. The number of methoxy groups -OCH3 is 1. The number of carbonyl (C=O) groups is 1. The van der Waals surface area contributed by atoms with Crippen LogP contribution < -0.4 is 10.2 Å². The minimum atomic E-state index is -0.0552. The lowest BCUT2D eigenvalue weighted by Crippen LogP contribution is -2.21. The molecule has 0 saturated carbocycles. The largest absolute Gasteiger partial charge is 0.497 e. The van der Waals surface area contributed by atoms with Crippen LogP contribution in [0.15, 0.2) is 65.8 Å². The summed E-state index contributed by atoms with van der Waals surface area (Å²) in [5, 5.41) is 4.18. The number of carbonyl (C=O) groups excluding carboxylic acids is 1. The number of benzene rings is 2. The van der Waals surface area contributed by atoms with Crippen molar-refractivity contribution in [2.24, 2.45) is 11.0 Å². The molecule has 1 unspecified atom stereocenters. The molecule has 4 heteroatoms. The lowest BCUT2D eigenvalue weighted by Gasteiger charge is -2.07. The van der Waals surface area contributed by atoms with Crippen LogP contribution in [0.1, 0.15) is 15.9 Å². The molecule has 1 N–H and O–H groups in total. The summed E-state index contributed by atoms with van der Waals surface area (Å²) >= 11 is 0.